The highest BCUT2D eigenvalue weighted by atomic mass is 15.3. The summed E-state index contributed by atoms with van der Waals surface area (Å²) < 4.78 is 0. The fourth-order valence-corrected chi connectivity index (χ4v) is 5.96. The van der Waals surface area contributed by atoms with Crippen LogP contribution in [-0.2, 0) is 0 Å². The van der Waals surface area contributed by atoms with Crippen molar-refractivity contribution >= 4 is 45.9 Å². The lowest BCUT2D eigenvalue weighted by molar-refractivity contribution is 0.483. The number of anilines is 2. The monoisotopic (exact) mass is 544 g/mol. The van der Waals surface area contributed by atoms with Gasteiger partial charge in [-0.2, -0.15) is 0 Å². The van der Waals surface area contributed by atoms with Crippen LogP contribution in [0.4, 0.5) is 28.4 Å². The van der Waals surface area contributed by atoms with Crippen molar-refractivity contribution in [2.24, 2.45) is 15.0 Å². The van der Waals surface area contributed by atoms with E-state index in [4.69, 9.17) is 15.0 Å². The van der Waals surface area contributed by atoms with E-state index in [1.807, 2.05) is 36.4 Å². The molecule has 8 rings (SSSR count). The average molecular weight is 545 g/mol. The fraction of sp³-hybridized carbons (Fsp3) is 0.0833. The van der Waals surface area contributed by atoms with E-state index in [2.05, 4.69) is 113 Å². The Morgan fingerprint density at radius 2 is 1.19 bits per heavy atom. The summed E-state index contributed by atoms with van der Waals surface area (Å²) in [5, 5.41) is 7.62. The molecule has 3 aliphatic rings. The van der Waals surface area contributed by atoms with Gasteiger partial charge in [0.25, 0.3) is 0 Å². The predicted molar refractivity (Wildman–Crippen MR) is 172 cm³/mol. The van der Waals surface area contributed by atoms with Crippen LogP contribution in [0, 0.1) is 6.92 Å². The second-order valence-corrected chi connectivity index (χ2v) is 10.8. The topological polar surface area (TPSA) is 64.4 Å². The molecule has 0 spiro atoms. The predicted octanol–water partition coefficient (Wildman–Crippen LogP) is 8.16. The Balaban J connectivity index is 1.46. The molecule has 2 unspecified atom stereocenters. The molecule has 0 aromatic heterocycles. The van der Waals surface area contributed by atoms with Gasteiger partial charge in [-0.1, -0.05) is 96.6 Å². The number of para-hydroxylation sites is 5. The highest BCUT2D eigenvalue weighted by Gasteiger charge is 2.43. The van der Waals surface area contributed by atoms with E-state index >= 15 is 0 Å². The van der Waals surface area contributed by atoms with E-state index < -0.39 is 0 Å². The quantitative estimate of drug-likeness (QED) is 0.236. The van der Waals surface area contributed by atoms with Crippen LogP contribution in [0.15, 0.2) is 142 Å². The van der Waals surface area contributed by atoms with E-state index in [-0.39, 0.29) is 12.1 Å². The average Bonchev–Trinajstić information content (AvgIpc) is 3.35. The first-order chi connectivity index (χ1) is 20.7. The number of fused-ring (bicyclic) bond motifs is 7. The van der Waals surface area contributed by atoms with Gasteiger partial charge >= 0.3 is 0 Å². The largest absolute Gasteiger partial charge is 0.374 e. The third-order valence-electron chi connectivity index (χ3n) is 8.02. The molecule has 5 aromatic rings. The molecule has 2 atom stereocenters. The lowest BCUT2D eigenvalue weighted by Crippen LogP contribution is -2.53. The molecular weight excluding hydrogens is 516 g/mol. The third-order valence-corrected chi connectivity index (χ3v) is 8.02. The number of aliphatic imine (C=N–C) groups is 3. The Labute approximate surface area is 244 Å². The number of hydrogen-bond acceptors (Lipinski definition) is 6. The summed E-state index contributed by atoms with van der Waals surface area (Å²) in [6.45, 7) is 2.11. The Morgan fingerprint density at radius 1 is 0.571 bits per heavy atom. The lowest BCUT2D eigenvalue weighted by atomic mass is 9.95. The number of amidine groups is 3. The maximum absolute atomic E-state index is 5.35. The van der Waals surface area contributed by atoms with Gasteiger partial charge in [0.15, 0.2) is 0 Å². The Morgan fingerprint density at radius 3 is 1.95 bits per heavy atom. The van der Waals surface area contributed by atoms with Gasteiger partial charge in [-0.25, -0.2) is 15.0 Å². The molecule has 0 saturated carbocycles. The molecule has 6 nitrogen and oxygen atoms in total. The number of hydrogen-bond donors (Lipinski definition) is 2. The highest BCUT2D eigenvalue weighted by molar-refractivity contribution is 6.23. The van der Waals surface area contributed by atoms with Crippen molar-refractivity contribution in [3.8, 4) is 0 Å². The summed E-state index contributed by atoms with van der Waals surface area (Å²) in [6.07, 6.45) is 0. The second-order valence-electron chi connectivity index (χ2n) is 10.8. The zero-order valence-electron chi connectivity index (χ0n) is 23.1. The van der Waals surface area contributed by atoms with Gasteiger partial charge in [0.05, 0.1) is 34.5 Å². The minimum Gasteiger partial charge on any atom is -0.374 e. The molecule has 3 aliphatic heterocycles. The van der Waals surface area contributed by atoms with Crippen LogP contribution >= 0.6 is 0 Å². The molecule has 0 radical (unpaired) electrons. The molecule has 42 heavy (non-hydrogen) atoms. The van der Waals surface area contributed by atoms with Crippen LogP contribution in [0.5, 0.6) is 0 Å². The maximum atomic E-state index is 5.35. The zero-order valence-corrected chi connectivity index (χ0v) is 23.1. The van der Waals surface area contributed by atoms with Crippen molar-refractivity contribution in [1.29, 1.82) is 0 Å². The van der Waals surface area contributed by atoms with Crippen LogP contribution in [-0.4, -0.2) is 28.4 Å². The van der Waals surface area contributed by atoms with Crippen molar-refractivity contribution in [3.05, 3.63) is 150 Å². The minimum atomic E-state index is -0.319. The molecule has 6 heteroatoms. The van der Waals surface area contributed by atoms with Crippen LogP contribution in [0.1, 0.15) is 28.3 Å². The van der Waals surface area contributed by atoms with Crippen LogP contribution in [0.25, 0.3) is 0 Å². The van der Waals surface area contributed by atoms with Crippen molar-refractivity contribution in [2.45, 2.75) is 19.0 Å². The molecule has 0 saturated heterocycles. The van der Waals surface area contributed by atoms with Crippen LogP contribution in [0.2, 0.25) is 0 Å². The van der Waals surface area contributed by atoms with Crippen LogP contribution < -0.4 is 10.6 Å². The SMILES string of the molecule is Cc1ccc(C2=Nc3ccccc3N=C3c4ccccc4N=C4Nc5ccccc5NC(c5ccccc5)C4N23)cc1. The van der Waals surface area contributed by atoms with Gasteiger partial charge in [-0.3, -0.25) is 4.90 Å². The molecule has 0 bridgehead atoms. The first-order valence-electron chi connectivity index (χ1n) is 14.2. The first kappa shape index (κ1) is 24.3. The molecule has 0 fully saturated rings. The van der Waals surface area contributed by atoms with Gasteiger partial charge in [-0.15, -0.1) is 0 Å². The number of aryl methyl sites for hydroxylation is 1. The molecular formula is C36H28N6. The van der Waals surface area contributed by atoms with Crippen molar-refractivity contribution in [2.75, 3.05) is 10.6 Å². The van der Waals surface area contributed by atoms with Crippen LogP contribution in [0.3, 0.4) is 0 Å². The molecule has 202 valence electrons. The third kappa shape index (κ3) is 4.08. The molecule has 0 aliphatic carbocycles. The summed E-state index contributed by atoms with van der Waals surface area (Å²) in [4.78, 5) is 18.3. The van der Waals surface area contributed by atoms with Gasteiger partial charge < -0.3 is 10.6 Å². The first-order valence-corrected chi connectivity index (χ1v) is 14.2. The molecule has 0 amide bonds. The van der Waals surface area contributed by atoms with Crippen molar-refractivity contribution in [1.82, 2.24) is 4.90 Å². The summed E-state index contributed by atoms with van der Waals surface area (Å²) in [5.41, 5.74) is 8.81. The van der Waals surface area contributed by atoms with Crippen molar-refractivity contribution < 1.29 is 0 Å². The second kappa shape index (κ2) is 9.85. The normalized spacial score (nSPS) is 18.4. The summed E-state index contributed by atoms with van der Waals surface area (Å²) in [7, 11) is 0. The van der Waals surface area contributed by atoms with E-state index in [9.17, 15) is 0 Å². The molecule has 2 N–H and O–H groups in total. The minimum absolute atomic E-state index is 0.183. The van der Waals surface area contributed by atoms with Gasteiger partial charge in [0.1, 0.15) is 23.5 Å². The van der Waals surface area contributed by atoms with Crippen molar-refractivity contribution in [3.63, 3.8) is 0 Å². The Kier molecular flexibility index (Phi) is 5.71. The standard InChI is InChI=1S/C36H28N6/c1-23-19-21-25(22-20-23)35-40-30-17-9-10-18-31(30)41-36-26-13-5-6-14-27(26)38-34-33(42(35)36)32(24-11-3-2-4-12-24)37-28-15-7-8-16-29(28)39-34/h2-22,32-33,37H,1H3,(H,38,39). The smallest absolute Gasteiger partial charge is 0.145 e. The molecule has 5 aromatic carbocycles. The number of nitrogens with zero attached hydrogens (tertiary/aromatic N) is 4. The summed E-state index contributed by atoms with van der Waals surface area (Å²) in [6, 6.07) is 43.3. The van der Waals surface area contributed by atoms with E-state index in [0.717, 1.165) is 62.6 Å². The Bertz CT molecular complexity index is 1910. The van der Waals surface area contributed by atoms with Gasteiger partial charge in [0.2, 0.25) is 0 Å². The number of benzene rings is 5. The maximum Gasteiger partial charge on any atom is 0.145 e. The lowest BCUT2D eigenvalue weighted by Gasteiger charge is -2.38. The van der Waals surface area contributed by atoms with Gasteiger partial charge in [-0.05, 0) is 48.9 Å². The fourth-order valence-electron chi connectivity index (χ4n) is 5.96. The molecule has 3 heterocycles. The number of rotatable bonds is 2. The van der Waals surface area contributed by atoms with E-state index in [1.165, 1.54) is 5.56 Å². The Hall–Kier alpha value is -5.49. The van der Waals surface area contributed by atoms with Gasteiger partial charge in [0, 0.05) is 11.1 Å². The number of nitrogens with one attached hydrogen (secondary N) is 2. The summed E-state index contributed by atoms with van der Waals surface area (Å²) in [5.74, 6) is 2.46. The van der Waals surface area contributed by atoms with E-state index in [0.29, 0.717) is 0 Å². The zero-order chi connectivity index (χ0) is 28.0. The highest BCUT2D eigenvalue weighted by Crippen LogP contribution is 2.42. The van der Waals surface area contributed by atoms with E-state index in [1.54, 1.807) is 0 Å². The summed E-state index contributed by atoms with van der Waals surface area (Å²) >= 11 is 0.